The molecular formula is C21H22N4O3. The van der Waals surface area contributed by atoms with E-state index in [0.717, 1.165) is 40.9 Å². The lowest BCUT2D eigenvalue weighted by Gasteiger charge is -2.28. The summed E-state index contributed by atoms with van der Waals surface area (Å²) in [6.07, 6.45) is 4.10. The first-order valence-corrected chi connectivity index (χ1v) is 9.19. The number of aromatic nitrogens is 3. The SMILES string of the molecule is COc1ccc(CN2CCc3nc(-c4ccncc4)[nH]c(=O)c3C2)cc1CO. The lowest BCUT2D eigenvalue weighted by Crippen LogP contribution is -2.35. The molecule has 0 saturated carbocycles. The molecule has 28 heavy (non-hydrogen) atoms. The van der Waals surface area contributed by atoms with E-state index in [1.54, 1.807) is 19.5 Å². The van der Waals surface area contributed by atoms with E-state index >= 15 is 0 Å². The van der Waals surface area contributed by atoms with Gasteiger partial charge in [0.25, 0.3) is 5.56 Å². The average molecular weight is 378 g/mol. The van der Waals surface area contributed by atoms with E-state index in [-0.39, 0.29) is 12.2 Å². The van der Waals surface area contributed by atoms with Crippen LogP contribution in [0.2, 0.25) is 0 Å². The number of hydrogen-bond donors (Lipinski definition) is 2. The van der Waals surface area contributed by atoms with E-state index < -0.39 is 0 Å². The molecule has 4 rings (SSSR count). The van der Waals surface area contributed by atoms with Gasteiger partial charge >= 0.3 is 0 Å². The Morgan fingerprint density at radius 2 is 2.07 bits per heavy atom. The Kier molecular flexibility index (Phi) is 5.18. The van der Waals surface area contributed by atoms with E-state index in [4.69, 9.17) is 4.74 Å². The van der Waals surface area contributed by atoms with Crippen molar-refractivity contribution in [3.63, 3.8) is 0 Å². The van der Waals surface area contributed by atoms with Gasteiger partial charge in [0.05, 0.1) is 25.0 Å². The van der Waals surface area contributed by atoms with Crippen LogP contribution in [0.3, 0.4) is 0 Å². The van der Waals surface area contributed by atoms with Crippen LogP contribution in [0.1, 0.15) is 22.4 Å². The molecule has 1 aromatic carbocycles. The van der Waals surface area contributed by atoms with Gasteiger partial charge in [0.1, 0.15) is 11.6 Å². The number of hydrogen-bond acceptors (Lipinski definition) is 6. The number of aromatic amines is 1. The second-order valence-corrected chi connectivity index (χ2v) is 6.84. The molecule has 0 amide bonds. The van der Waals surface area contributed by atoms with Crippen molar-refractivity contribution in [1.29, 1.82) is 0 Å². The molecule has 0 radical (unpaired) electrons. The molecule has 1 aliphatic heterocycles. The molecule has 1 aliphatic rings. The fraction of sp³-hybridized carbons (Fsp3) is 0.286. The van der Waals surface area contributed by atoms with E-state index in [1.165, 1.54) is 0 Å². The Morgan fingerprint density at radius 1 is 1.25 bits per heavy atom. The van der Waals surface area contributed by atoms with Crippen LogP contribution in [-0.2, 0) is 26.1 Å². The minimum absolute atomic E-state index is 0.0682. The summed E-state index contributed by atoms with van der Waals surface area (Å²) < 4.78 is 5.26. The maximum Gasteiger partial charge on any atom is 0.255 e. The quantitative estimate of drug-likeness (QED) is 0.705. The minimum Gasteiger partial charge on any atom is -0.496 e. The molecule has 7 nitrogen and oxygen atoms in total. The van der Waals surface area contributed by atoms with Crippen LogP contribution in [0.25, 0.3) is 11.4 Å². The van der Waals surface area contributed by atoms with Gasteiger partial charge in [-0.15, -0.1) is 0 Å². The van der Waals surface area contributed by atoms with Crippen LogP contribution in [-0.4, -0.2) is 38.6 Å². The van der Waals surface area contributed by atoms with Crippen LogP contribution >= 0.6 is 0 Å². The number of methoxy groups -OCH3 is 1. The number of aliphatic hydroxyl groups excluding tert-OH is 1. The number of nitrogens with one attached hydrogen (secondary N) is 1. The van der Waals surface area contributed by atoms with Gasteiger partial charge in [0.15, 0.2) is 0 Å². The average Bonchev–Trinajstić information content (AvgIpc) is 2.74. The molecule has 144 valence electrons. The van der Waals surface area contributed by atoms with Crippen molar-refractivity contribution in [3.8, 4) is 17.1 Å². The number of pyridine rings is 1. The maximum atomic E-state index is 12.7. The van der Waals surface area contributed by atoms with Gasteiger partial charge in [0, 0.05) is 49.6 Å². The number of fused-ring (bicyclic) bond motifs is 1. The fourth-order valence-corrected chi connectivity index (χ4v) is 3.57. The van der Waals surface area contributed by atoms with Crippen LogP contribution in [0, 0.1) is 0 Å². The highest BCUT2D eigenvalue weighted by Crippen LogP contribution is 2.23. The second-order valence-electron chi connectivity index (χ2n) is 6.84. The Morgan fingerprint density at radius 3 is 2.82 bits per heavy atom. The predicted molar refractivity (Wildman–Crippen MR) is 105 cm³/mol. The van der Waals surface area contributed by atoms with Crippen molar-refractivity contribution >= 4 is 0 Å². The van der Waals surface area contributed by atoms with E-state index in [9.17, 15) is 9.90 Å². The van der Waals surface area contributed by atoms with Gasteiger partial charge < -0.3 is 14.8 Å². The number of nitrogens with zero attached hydrogens (tertiary/aromatic N) is 3. The molecular weight excluding hydrogens is 356 g/mol. The van der Waals surface area contributed by atoms with Crippen molar-refractivity contribution in [3.05, 3.63) is 75.5 Å². The summed E-state index contributed by atoms with van der Waals surface area (Å²) in [4.78, 5) is 26.4. The minimum atomic E-state index is -0.0905. The summed E-state index contributed by atoms with van der Waals surface area (Å²) in [5, 5.41) is 9.52. The van der Waals surface area contributed by atoms with Gasteiger partial charge in [0.2, 0.25) is 0 Å². The molecule has 0 unspecified atom stereocenters. The predicted octanol–water partition coefficient (Wildman–Crippen LogP) is 1.89. The standard InChI is InChI=1S/C21H22N4O3/c1-28-19-3-2-14(10-16(19)13-26)11-25-9-6-18-17(12-25)21(27)24-20(23-18)15-4-7-22-8-5-15/h2-5,7-8,10,26H,6,9,11-13H2,1H3,(H,23,24,27). The number of benzene rings is 1. The molecule has 3 aromatic rings. The molecule has 0 fully saturated rings. The van der Waals surface area contributed by atoms with E-state index in [0.29, 0.717) is 24.7 Å². The summed E-state index contributed by atoms with van der Waals surface area (Å²) in [6.45, 7) is 2.00. The first kappa shape index (κ1) is 18.3. The van der Waals surface area contributed by atoms with Crippen LogP contribution in [0.5, 0.6) is 5.75 Å². The zero-order chi connectivity index (χ0) is 19.5. The van der Waals surface area contributed by atoms with Gasteiger partial charge in [-0.2, -0.15) is 0 Å². The lowest BCUT2D eigenvalue weighted by molar-refractivity contribution is 0.241. The van der Waals surface area contributed by atoms with E-state index in [1.807, 2.05) is 30.3 Å². The topological polar surface area (TPSA) is 91.3 Å². The first-order chi connectivity index (χ1) is 13.7. The van der Waals surface area contributed by atoms with Gasteiger partial charge in [-0.25, -0.2) is 4.98 Å². The van der Waals surface area contributed by atoms with Gasteiger partial charge in [-0.3, -0.25) is 14.7 Å². The van der Waals surface area contributed by atoms with Crippen LogP contribution in [0.15, 0.2) is 47.5 Å². The highest BCUT2D eigenvalue weighted by molar-refractivity contribution is 5.54. The summed E-state index contributed by atoms with van der Waals surface area (Å²) in [7, 11) is 1.59. The second kappa shape index (κ2) is 7.92. The van der Waals surface area contributed by atoms with Crippen molar-refractivity contribution < 1.29 is 9.84 Å². The monoisotopic (exact) mass is 378 g/mol. The number of H-pyrrole nitrogens is 1. The maximum absolute atomic E-state index is 12.7. The molecule has 0 saturated heterocycles. The molecule has 2 N–H and O–H groups in total. The Balaban J connectivity index is 1.55. The smallest absolute Gasteiger partial charge is 0.255 e. The highest BCUT2D eigenvalue weighted by Gasteiger charge is 2.22. The van der Waals surface area contributed by atoms with Crippen molar-refractivity contribution in [2.75, 3.05) is 13.7 Å². The van der Waals surface area contributed by atoms with Crippen molar-refractivity contribution in [1.82, 2.24) is 19.9 Å². The molecule has 0 atom stereocenters. The summed E-state index contributed by atoms with van der Waals surface area (Å²) in [5.41, 5.74) is 4.18. The Labute approximate surface area is 162 Å². The van der Waals surface area contributed by atoms with Crippen molar-refractivity contribution in [2.45, 2.75) is 26.1 Å². The lowest BCUT2D eigenvalue weighted by atomic mass is 10.0. The molecule has 0 spiro atoms. The fourth-order valence-electron chi connectivity index (χ4n) is 3.57. The summed E-state index contributed by atoms with van der Waals surface area (Å²) in [5.74, 6) is 1.27. The normalized spacial score (nSPS) is 13.9. The zero-order valence-corrected chi connectivity index (χ0v) is 15.7. The number of ether oxygens (including phenoxy) is 1. The van der Waals surface area contributed by atoms with Crippen molar-refractivity contribution in [2.24, 2.45) is 0 Å². The van der Waals surface area contributed by atoms with Gasteiger partial charge in [-0.05, 0) is 29.8 Å². The van der Waals surface area contributed by atoms with Crippen LogP contribution in [0.4, 0.5) is 0 Å². The first-order valence-electron chi connectivity index (χ1n) is 9.19. The number of aliphatic hydroxyl groups is 1. The highest BCUT2D eigenvalue weighted by atomic mass is 16.5. The third kappa shape index (κ3) is 3.67. The molecule has 0 bridgehead atoms. The molecule has 7 heteroatoms. The third-order valence-electron chi connectivity index (χ3n) is 5.02. The Bertz CT molecular complexity index is 1030. The van der Waals surface area contributed by atoms with Gasteiger partial charge in [-0.1, -0.05) is 6.07 Å². The zero-order valence-electron chi connectivity index (χ0n) is 15.7. The largest absolute Gasteiger partial charge is 0.496 e. The third-order valence-corrected chi connectivity index (χ3v) is 5.02. The molecule has 3 heterocycles. The summed E-state index contributed by atoms with van der Waals surface area (Å²) >= 11 is 0. The Hall–Kier alpha value is -3.03. The molecule has 2 aromatic heterocycles. The van der Waals surface area contributed by atoms with E-state index in [2.05, 4.69) is 19.9 Å². The molecule has 0 aliphatic carbocycles. The van der Waals surface area contributed by atoms with Crippen LogP contribution < -0.4 is 10.3 Å². The summed E-state index contributed by atoms with van der Waals surface area (Å²) in [6, 6.07) is 9.48. The number of rotatable bonds is 5.